The fourth-order valence-electron chi connectivity index (χ4n) is 1.45. The minimum Gasteiger partial charge on any atom is -0.467 e. The number of carbonyl (C=O) groups excluding carboxylic acids is 1. The molecule has 1 atom stereocenters. The number of ether oxygens (including phenoxy) is 1. The normalized spacial score (nSPS) is 11.7. The van der Waals surface area contributed by atoms with E-state index in [9.17, 15) is 14.9 Å². The Balaban J connectivity index is 2.96. The summed E-state index contributed by atoms with van der Waals surface area (Å²) in [4.78, 5) is 21.5. The van der Waals surface area contributed by atoms with Crippen LogP contribution in [0.25, 0.3) is 0 Å². The van der Waals surface area contributed by atoms with Crippen molar-refractivity contribution >= 4 is 17.3 Å². The Morgan fingerprint density at radius 1 is 1.53 bits per heavy atom. The first kappa shape index (κ1) is 13.0. The minimum atomic E-state index is -0.555. The summed E-state index contributed by atoms with van der Waals surface area (Å²) in [5.41, 5.74) is 1.07. The lowest BCUT2D eigenvalue weighted by Crippen LogP contribution is -2.27. The number of nitro groups is 1. The maximum Gasteiger partial charge on any atom is 0.327 e. The van der Waals surface area contributed by atoms with Crippen molar-refractivity contribution in [3.63, 3.8) is 0 Å². The Bertz CT molecular complexity index is 445. The molecule has 0 aliphatic heterocycles. The molecule has 1 aromatic rings. The van der Waals surface area contributed by atoms with Crippen LogP contribution in [0.2, 0.25) is 0 Å². The first-order chi connectivity index (χ1) is 7.97. The molecule has 0 spiro atoms. The lowest BCUT2D eigenvalue weighted by atomic mass is 10.1. The van der Waals surface area contributed by atoms with Crippen molar-refractivity contribution in [2.45, 2.75) is 19.9 Å². The molecule has 0 saturated heterocycles. The van der Waals surface area contributed by atoms with Gasteiger partial charge < -0.3 is 10.1 Å². The standard InChI is InChI=1S/C11H14N2O4/c1-7-9(12-8(2)11(14)17-3)5-4-6-10(7)13(15)16/h4-6,8,12H,1-3H3. The molecule has 6 nitrogen and oxygen atoms in total. The summed E-state index contributed by atoms with van der Waals surface area (Å²) in [7, 11) is 1.29. The molecule has 0 amide bonds. The highest BCUT2D eigenvalue weighted by molar-refractivity contribution is 5.79. The zero-order chi connectivity index (χ0) is 13.0. The van der Waals surface area contributed by atoms with E-state index in [0.29, 0.717) is 11.3 Å². The van der Waals surface area contributed by atoms with Gasteiger partial charge in [0.25, 0.3) is 5.69 Å². The van der Waals surface area contributed by atoms with Gasteiger partial charge in [-0.3, -0.25) is 10.1 Å². The summed E-state index contributed by atoms with van der Waals surface area (Å²) in [5, 5.41) is 13.6. The highest BCUT2D eigenvalue weighted by Crippen LogP contribution is 2.25. The average Bonchev–Trinajstić information content (AvgIpc) is 2.30. The predicted octanol–water partition coefficient (Wildman–Crippen LogP) is 1.88. The molecule has 0 heterocycles. The summed E-state index contributed by atoms with van der Waals surface area (Å²) >= 11 is 0. The van der Waals surface area contributed by atoms with Crippen LogP contribution >= 0.6 is 0 Å². The van der Waals surface area contributed by atoms with Crippen LogP contribution < -0.4 is 5.32 Å². The average molecular weight is 238 g/mol. The van der Waals surface area contributed by atoms with Gasteiger partial charge in [0.2, 0.25) is 0 Å². The third-order valence-electron chi connectivity index (χ3n) is 2.43. The van der Waals surface area contributed by atoms with Crippen LogP contribution in [0.3, 0.4) is 0 Å². The molecular weight excluding hydrogens is 224 g/mol. The van der Waals surface area contributed by atoms with Gasteiger partial charge in [0.05, 0.1) is 12.0 Å². The van der Waals surface area contributed by atoms with E-state index >= 15 is 0 Å². The molecule has 0 aliphatic carbocycles. The number of hydrogen-bond donors (Lipinski definition) is 1. The van der Waals surface area contributed by atoms with Gasteiger partial charge in [-0.15, -0.1) is 0 Å². The van der Waals surface area contributed by atoms with Crippen molar-refractivity contribution in [3.05, 3.63) is 33.9 Å². The molecule has 17 heavy (non-hydrogen) atoms. The van der Waals surface area contributed by atoms with Gasteiger partial charge in [0, 0.05) is 17.3 Å². The number of nitro benzene ring substituents is 1. The van der Waals surface area contributed by atoms with E-state index in [1.165, 1.54) is 13.2 Å². The van der Waals surface area contributed by atoms with Crippen LogP contribution in [-0.4, -0.2) is 24.0 Å². The van der Waals surface area contributed by atoms with Crippen molar-refractivity contribution in [3.8, 4) is 0 Å². The van der Waals surface area contributed by atoms with E-state index in [4.69, 9.17) is 0 Å². The van der Waals surface area contributed by atoms with Crippen LogP contribution in [0.4, 0.5) is 11.4 Å². The third kappa shape index (κ3) is 2.93. The number of benzene rings is 1. The third-order valence-corrected chi connectivity index (χ3v) is 2.43. The number of methoxy groups -OCH3 is 1. The Morgan fingerprint density at radius 3 is 2.71 bits per heavy atom. The van der Waals surface area contributed by atoms with E-state index < -0.39 is 16.9 Å². The summed E-state index contributed by atoms with van der Waals surface area (Å²) < 4.78 is 4.57. The second kappa shape index (κ2) is 5.29. The monoisotopic (exact) mass is 238 g/mol. The number of nitrogens with zero attached hydrogens (tertiary/aromatic N) is 1. The Morgan fingerprint density at radius 2 is 2.18 bits per heavy atom. The number of hydrogen-bond acceptors (Lipinski definition) is 5. The van der Waals surface area contributed by atoms with Gasteiger partial charge in [0.1, 0.15) is 6.04 Å². The molecule has 0 aromatic heterocycles. The smallest absolute Gasteiger partial charge is 0.327 e. The van der Waals surface area contributed by atoms with E-state index in [-0.39, 0.29) is 5.69 Å². The van der Waals surface area contributed by atoms with Crippen molar-refractivity contribution < 1.29 is 14.5 Å². The number of esters is 1. The lowest BCUT2D eigenvalue weighted by Gasteiger charge is -2.14. The zero-order valence-electron chi connectivity index (χ0n) is 9.89. The summed E-state index contributed by atoms with van der Waals surface area (Å²) in [6, 6.07) is 4.11. The van der Waals surface area contributed by atoms with Gasteiger partial charge in [0.15, 0.2) is 0 Å². The molecule has 0 fully saturated rings. The topological polar surface area (TPSA) is 81.5 Å². The Hall–Kier alpha value is -2.11. The highest BCUT2D eigenvalue weighted by Gasteiger charge is 2.17. The summed E-state index contributed by atoms with van der Waals surface area (Å²) in [6.07, 6.45) is 0. The molecule has 1 rings (SSSR count). The van der Waals surface area contributed by atoms with Crippen LogP contribution in [0.15, 0.2) is 18.2 Å². The minimum absolute atomic E-state index is 0.0204. The molecule has 6 heteroatoms. The number of carbonyl (C=O) groups is 1. The Kier molecular flexibility index (Phi) is 4.03. The lowest BCUT2D eigenvalue weighted by molar-refractivity contribution is -0.385. The van der Waals surface area contributed by atoms with Gasteiger partial charge in [-0.2, -0.15) is 0 Å². The second-order valence-electron chi connectivity index (χ2n) is 3.60. The quantitative estimate of drug-likeness (QED) is 0.492. The SMILES string of the molecule is COC(=O)C(C)Nc1cccc([N+](=O)[O-])c1C. The zero-order valence-corrected chi connectivity index (χ0v) is 9.89. The molecule has 1 unspecified atom stereocenters. The van der Waals surface area contributed by atoms with Crippen LogP contribution in [0, 0.1) is 17.0 Å². The second-order valence-corrected chi connectivity index (χ2v) is 3.60. The summed E-state index contributed by atoms with van der Waals surface area (Å²) in [5.74, 6) is -0.420. The largest absolute Gasteiger partial charge is 0.467 e. The molecule has 0 saturated carbocycles. The van der Waals surface area contributed by atoms with Crippen LogP contribution in [0.5, 0.6) is 0 Å². The van der Waals surface area contributed by atoms with Gasteiger partial charge in [-0.25, -0.2) is 4.79 Å². The van der Waals surface area contributed by atoms with Crippen molar-refractivity contribution in [2.24, 2.45) is 0 Å². The molecule has 1 N–H and O–H groups in total. The molecule has 0 radical (unpaired) electrons. The first-order valence-electron chi connectivity index (χ1n) is 5.05. The van der Waals surface area contributed by atoms with Crippen LogP contribution in [-0.2, 0) is 9.53 Å². The molecule has 92 valence electrons. The van der Waals surface area contributed by atoms with E-state index in [0.717, 1.165) is 0 Å². The summed E-state index contributed by atoms with van der Waals surface area (Å²) in [6.45, 7) is 3.26. The van der Waals surface area contributed by atoms with Crippen LogP contribution in [0.1, 0.15) is 12.5 Å². The Labute approximate surface area is 98.7 Å². The van der Waals surface area contributed by atoms with Gasteiger partial charge in [-0.1, -0.05) is 6.07 Å². The number of nitrogens with one attached hydrogen (secondary N) is 1. The highest BCUT2D eigenvalue weighted by atomic mass is 16.6. The maximum absolute atomic E-state index is 11.2. The fraction of sp³-hybridized carbons (Fsp3) is 0.364. The molecule has 1 aromatic carbocycles. The molecular formula is C11H14N2O4. The van der Waals surface area contributed by atoms with E-state index in [1.54, 1.807) is 26.0 Å². The van der Waals surface area contributed by atoms with Gasteiger partial charge in [-0.05, 0) is 19.9 Å². The van der Waals surface area contributed by atoms with Crippen molar-refractivity contribution in [2.75, 3.05) is 12.4 Å². The van der Waals surface area contributed by atoms with Crippen molar-refractivity contribution in [1.82, 2.24) is 0 Å². The number of anilines is 1. The number of rotatable bonds is 4. The maximum atomic E-state index is 11.2. The molecule has 0 aliphatic rings. The fourth-order valence-corrected chi connectivity index (χ4v) is 1.45. The predicted molar refractivity (Wildman–Crippen MR) is 62.9 cm³/mol. The van der Waals surface area contributed by atoms with E-state index in [1.807, 2.05) is 0 Å². The first-order valence-corrected chi connectivity index (χ1v) is 5.05. The van der Waals surface area contributed by atoms with E-state index in [2.05, 4.69) is 10.1 Å². The van der Waals surface area contributed by atoms with Gasteiger partial charge >= 0.3 is 5.97 Å². The molecule has 0 bridgehead atoms. The van der Waals surface area contributed by atoms with Crippen molar-refractivity contribution in [1.29, 1.82) is 0 Å².